The van der Waals surface area contributed by atoms with Crippen LogP contribution in [0.4, 0.5) is 38.0 Å². The molecule has 0 amide bonds. The molecule has 6 nitrogen and oxygen atoms in total. The Morgan fingerprint density at radius 1 is 0.808 bits per heavy atom. The molecule has 0 saturated carbocycles. The fourth-order valence-corrected chi connectivity index (χ4v) is 1.84. The summed E-state index contributed by atoms with van der Waals surface area (Å²) in [5, 5.41) is 2.62. The summed E-state index contributed by atoms with van der Waals surface area (Å²) in [4.78, 5) is 10.4. The van der Waals surface area contributed by atoms with Crippen LogP contribution < -0.4 is 14.8 Å². The Balaban J connectivity index is 2.22. The molecular weight excluding hydrogens is 485 g/mol. The molecule has 0 bridgehead atoms. The van der Waals surface area contributed by atoms with Gasteiger partial charge in [0.15, 0.2) is 13.2 Å². The van der Waals surface area contributed by atoms with Crippen molar-refractivity contribution in [3.05, 3.63) is 27.8 Å². The van der Waals surface area contributed by atoms with Crippen LogP contribution in [0.25, 0.3) is 0 Å². The summed E-state index contributed by atoms with van der Waals surface area (Å²) in [6.07, 6.45) is -9.35. The van der Waals surface area contributed by atoms with Gasteiger partial charge in [0.2, 0.25) is 5.95 Å². The molecule has 0 fully saturated rings. The summed E-state index contributed by atoms with van der Waals surface area (Å²) in [5.41, 5.74) is 0.445. The number of alkyl halides is 6. The van der Waals surface area contributed by atoms with Gasteiger partial charge in [-0.15, -0.1) is 4.98 Å². The van der Waals surface area contributed by atoms with Crippen molar-refractivity contribution in [1.82, 2.24) is 15.0 Å². The topological polar surface area (TPSA) is 69.2 Å². The highest BCUT2D eigenvalue weighted by atomic mass is 127. The van der Waals surface area contributed by atoms with E-state index in [1.54, 1.807) is 24.3 Å². The number of ether oxygens (including phenoxy) is 2. The van der Waals surface area contributed by atoms with Crippen LogP contribution in [0.1, 0.15) is 0 Å². The Kier molecular flexibility index (Phi) is 6.30. The van der Waals surface area contributed by atoms with Crippen molar-refractivity contribution in [3.63, 3.8) is 0 Å². The van der Waals surface area contributed by atoms with Crippen LogP contribution in [-0.2, 0) is 0 Å². The van der Waals surface area contributed by atoms with Crippen molar-refractivity contribution in [2.75, 3.05) is 18.5 Å². The molecule has 142 valence electrons. The predicted octanol–water partition coefficient (Wildman–Crippen LogP) is 4.10. The van der Waals surface area contributed by atoms with E-state index in [9.17, 15) is 26.3 Å². The minimum absolute atomic E-state index is 0.337. The molecule has 1 N–H and O–H groups in total. The highest BCUT2D eigenvalue weighted by Gasteiger charge is 2.31. The first-order valence-electron chi connectivity index (χ1n) is 6.68. The van der Waals surface area contributed by atoms with E-state index >= 15 is 0 Å². The number of benzene rings is 1. The summed E-state index contributed by atoms with van der Waals surface area (Å²) >= 11 is 2.05. The van der Waals surface area contributed by atoms with Gasteiger partial charge in [-0.1, -0.05) is 0 Å². The lowest BCUT2D eigenvalue weighted by Gasteiger charge is -2.12. The zero-order valence-corrected chi connectivity index (χ0v) is 14.7. The lowest BCUT2D eigenvalue weighted by atomic mass is 10.3. The lowest BCUT2D eigenvalue weighted by molar-refractivity contribution is -0.156. The molecule has 0 aliphatic rings. The first-order chi connectivity index (χ1) is 12.0. The van der Waals surface area contributed by atoms with E-state index in [0.717, 1.165) is 3.57 Å². The molecule has 13 heteroatoms. The molecule has 0 saturated heterocycles. The zero-order chi connectivity index (χ0) is 19.4. The summed E-state index contributed by atoms with van der Waals surface area (Å²) in [5.74, 6) is -0.337. The Hall–Kier alpha value is -2.06. The molecule has 0 unspecified atom stereocenters. The van der Waals surface area contributed by atoms with Crippen LogP contribution in [0.3, 0.4) is 0 Å². The summed E-state index contributed by atoms with van der Waals surface area (Å²) < 4.78 is 83.0. The smallest absolute Gasteiger partial charge is 0.422 e. The second kappa shape index (κ2) is 8.09. The van der Waals surface area contributed by atoms with Gasteiger partial charge in [-0.05, 0) is 46.9 Å². The molecule has 2 rings (SSSR count). The van der Waals surface area contributed by atoms with Gasteiger partial charge in [-0.25, -0.2) is 0 Å². The lowest BCUT2D eigenvalue weighted by Crippen LogP contribution is -2.22. The molecule has 26 heavy (non-hydrogen) atoms. The average molecular weight is 494 g/mol. The van der Waals surface area contributed by atoms with Gasteiger partial charge in [0.05, 0.1) is 0 Å². The fourth-order valence-electron chi connectivity index (χ4n) is 1.48. The normalized spacial score (nSPS) is 12.0. The maximum atomic E-state index is 12.2. The van der Waals surface area contributed by atoms with E-state index in [4.69, 9.17) is 0 Å². The molecule has 0 aliphatic heterocycles. The van der Waals surface area contributed by atoms with Gasteiger partial charge >= 0.3 is 24.4 Å². The SMILES string of the molecule is FC(F)(F)COc1nc(Nc2ccc(I)cc2)nc(OCC(F)(F)F)n1. The van der Waals surface area contributed by atoms with E-state index in [-0.39, 0.29) is 5.95 Å². The summed E-state index contributed by atoms with van der Waals surface area (Å²) in [6.45, 7) is -3.45. The Labute approximate surface area is 156 Å². The van der Waals surface area contributed by atoms with Crippen molar-refractivity contribution in [2.24, 2.45) is 0 Å². The molecular formula is C13H9F6IN4O2. The van der Waals surface area contributed by atoms with Gasteiger partial charge in [-0.3, -0.25) is 0 Å². The second-order valence-electron chi connectivity index (χ2n) is 4.66. The standard InChI is InChI=1S/C13H9F6IN4O2/c14-12(15,16)5-25-10-22-9(21-8-3-1-7(20)2-4-8)23-11(24-10)26-6-13(17,18)19/h1-4H,5-6H2,(H,21,22,23,24). The minimum Gasteiger partial charge on any atom is -0.454 e. The number of nitrogens with zero attached hydrogens (tertiary/aromatic N) is 3. The molecule has 2 aromatic rings. The number of hydrogen-bond donors (Lipinski definition) is 1. The number of rotatable bonds is 6. The third-order valence-electron chi connectivity index (χ3n) is 2.42. The van der Waals surface area contributed by atoms with Crippen LogP contribution in [0.5, 0.6) is 12.0 Å². The number of anilines is 2. The molecule has 1 aromatic carbocycles. The van der Waals surface area contributed by atoms with E-state index < -0.39 is 37.6 Å². The zero-order valence-electron chi connectivity index (χ0n) is 12.5. The van der Waals surface area contributed by atoms with Crippen molar-refractivity contribution in [3.8, 4) is 12.0 Å². The number of aromatic nitrogens is 3. The quantitative estimate of drug-likeness (QED) is 0.482. The Morgan fingerprint density at radius 3 is 1.69 bits per heavy atom. The van der Waals surface area contributed by atoms with Crippen LogP contribution in [0.2, 0.25) is 0 Å². The van der Waals surface area contributed by atoms with E-state index in [2.05, 4.69) is 52.3 Å². The van der Waals surface area contributed by atoms with Crippen LogP contribution in [0, 0.1) is 3.57 Å². The Bertz CT molecular complexity index is 703. The van der Waals surface area contributed by atoms with Gasteiger partial charge in [0, 0.05) is 9.26 Å². The van der Waals surface area contributed by atoms with Gasteiger partial charge in [0.1, 0.15) is 0 Å². The minimum atomic E-state index is -4.68. The van der Waals surface area contributed by atoms with Crippen molar-refractivity contribution in [2.45, 2.75) is 12.4 Å². The first-order valence-corrected chi connectivity index (χ1v) is 7.76. The van der Waals surface area contributed by atoms with E-state index in [1.807, 2.05) is 0 Å². The molecule has 1 aromatic heterocycles. The molecule has 0 atom stereocenters. The molecule has 1 heterocycles. The first kappa shape index (κ1) is 20.3. The molecule has 0 spiro atoms. The average Bonchev–Trinajstić information content (AvgIpc) is 2.52. The largest absolute Gasteiger partial charge is 0.454 e. The van der Waals surface area contributed by atoms with Gasteiger partial charge < -0.3 is 14.8 Å². The summed E-state index contributed by atoms with van der Waals surface area (Å²) in [7, 11) is 0. The van der Waals surface area contributed by atoms with Crippen LogP contribution in [-0.4, -0.2) is 40.5 Å². The maximum absolute atomic E-state index is 12.2. The number of halogens is 7. The van der Waals surface area contributed by atoms with Gasteiger partial charge in [0.25, 0.3) is 0 Å². The highest BCUT2D eigenvalue weighted by Crippen LogP contribution is 2.22. The monoisotopic (exact) mass is 494 g/mol. The number of nitrogens with one attached hydrogen (secondary N) is 1. The summed E-state index contributed by atoms with van der Waals surface area (Å²) in [6, 6.07) is 4.99. The van der Waals surface area contributed by atoms with Crippen LogP contribution >= 0.6 is 22.6 Å². The third-order valence-corrected chi connectivity index (χ3v) is 3.14. The van der Waals surface area contributed by atoms with E-state index in [0.29, 0.717) is 5.69 Å². The van der Waals surface area contributed by atoms with Crippen molar-refractivity contribution >= 4 is 34.2 Å². The predicted molar refractivity (Wildman–Crippen MR) is 85.4 cm³/mol. The second-order valence-corrected chi connectivity index (χ2v) is 5.91. The van der Waals surface area contributed by atoms with E-state index in [1.165, 1.54) is 0 Å². The molecule has 0 radical (unpaired) electrons. The van der Waals surface area contributed by atoms with Crippen LogP contribution in [0.15, 0.2) is 24.3 Å². The number of hydrogen-bond acceptors (Lipinski definition) is 6. The third kappa shape index (κ3) is 7.45. The maximum Gasteiger partial charge on any atom is 0.422 e. The Morgan fingerprint density at radius 2 is 1.27 bits per heavy atom. The van der Waals surface area contributed by atoms with Crippen molar-refractivity contribution < 1.29 is 35.8 Å². The fraction of sp³-hybridized carbons (Fsp3) is 0.308. The van der Waals surface area contributed by atoms with Crippen molar-refractivity contribution in [1.29, 1.82) is 0 Å². The molecule has 0 aliphatic carbocycles. The van der Waals surface area contributed by atoms with Gasteiger partial charge in [-0.2, -0.15) is 36.3 Å². The highest BCUT2D eigenvalue weighted by molar-refractivity contribution is 14.1.